The molecule has 0 saturated heterocycles. The predicted octanol–water partition coefficient (Wildman–Crippen LogP) is 10.0. The van der Waals surface area contributed by atoms with Crippen molar-refractivity contribution in [2.24, 2.45) is 0 Å². The van der Waals surface area contributed by atoms with Crippen molar-refractivity contribution in [2.45, 2.75) is 107 Å². The number of aromatic amines is 2. The van der Waals surface area contributed by atoms with Crippen LogP contribution in [0.4, 0.5) is 0 Å². The fourth-order valence-electron chi connectivity index (χ4n) is 7.10. The van der Waals surface area contributed by atoms with Crippen molar-refractivity contribution in [2.75, 3.05) is 0 Å². The molecule has 0 amide bonds. The number of aryl methyl sites for hydroxylation is 4. The van der Waals surface area contributed by atoms with Gasteiger partial charge in [-0.25, -0.2) is 9.97 Å². The molecule has 4 nitrogen and oxygen atoms in total. The van der Waals surface area contributed by atoms with Gasteiger partial charge in [0.05, 0.1) is 22.8 Å². The van der Waals surface area contributed by atoms with E-state index in [9.17, 15) is 0 Å². The number of fused-ring (bicyclic) bond motifs is 8. The normalized spacial score (nSPS) is 13.3. The van der Waals surface area contributed by atoms with Crippen molar-refractivity contribution in [3.63, 3.8) is 0 Å². The number of rotatable bonds is 8. The van der Waals surface area contributed by atoms with Gasteiger partial charge < -0.3 is 9.97 Å². The molecule has 1 radical (unpaired) electrons. The molecule has 0 aromatic carbocycles. The number of hydrogen-bond acceptors (Lipinski definition) is 2. The van der Waals surface area contributed by atoms with Gasteiger partial charge in [0.25, 0.3) is 0 Å². The van der Waals surface area contributed by atoms with E-state index in [0.29, 0.717) is 0 Å². The van der Waals surface area contributed by atoms with Crippen molar-refractivity contribution >= 4 is 44.4 Å². The number of hydrogen-bond donors (Lipinski definition) is 2. The maximum Gasteiger partial charge on any atom is 0.0694 e. The average Bonchev–Trinajstić information content (AvgIpc) is 3.67. The second kappa shape index (κ2) is 13.0. The number of aromatic nitrogens is 4. The van der Waals surface area contributed by atoms with Crippen molar-refractivity contribution in [3.8, 4) is 0 Å². The molecule has 0 atom stereocenters. The number of nitrogens with zero attached hydrogens (tertiary/aromatic N) is 2. The number of allylic oxidation sites excluding steroid dienone is 4. The van der Waals surface area contributed by atoms with Gasteiger partial charge >= 0.3 is 0 Å². The maximum absolute atomic E-state index is 5.28. The van der Waals surface area contributed by atoms with Crippen LogP contribution in [0.1, 0.15) is 126 Å². The van der Waals surface area contributed by atoms with Crippen molar-refractivity contribution in [1.82, 2.24) is 19.9 Å². The fraction of sp³-hybridized carbons (Fsp3) is 0.444. The average molecular weight is 594 g/mol. The molecule has 0 aliphatic carbocycles. The van der Waals surface area contributed by atoms with E-state index in [1.807, 2.05) is 0 Å². The minimum atomic E-state index is 0. The Labute approximate surface area is 256 Å². The zero-order chi connectivity index (χ0) is 28.6. The van der Waals surface area contributed by atoms with Crippen LogP contribution in [-0.4, -0.2) is 19.9 Å². The Morgan fingerprint density at radius 1 is 0.390 bits per heavy atom. The summed E-state index contributed by atoms with van der Waals surface area (Å²) < 4.78 is 0. The summed E-state index contributed by atoms with van der Waals surface area (Å²) in [7, 11) is 0. The summed E-state index contributed by atoms with van der Waals surface area (Å²) >= 11 is 0. The SMILES string of the molecule is CCC1=C(CC)c2cc3[nH]c(cc4[nH]c(cc5nc(cc1n2)C(CC)=C5CC)c(CC)c4CC)c(CC)c3CC.[Co]. The van der Waals surface area contributed by atoms with Gasteiger partial charge in [-0.1, -0.05) is 55.4 Å². The van der Waals surface area contributed by atoms with Crippen LogP contribution in [0.3, 0.4) is 0 Å². The van der Waals surface area contributed by atoms with E-state index in [2.05, 4.69) is 89.6 Å². The summed E-state index contributed by atoms with van der Waals surface area (Å²) in [5, 5.41) is 0. The summed E-state index contributed by atoms with van der Waals surface area (Å²) in [6, 6.07) is 9.24. The molecule has 5 heteroatoms. The molecular formula is C36H46CoN4. The van der Waals surface area contributed by atoms with Gasteiger partial charge in [0.15, 0.2) is 0 Å². The molecule has 0 unspecified atom stereocenters. The van der Waals surface area contributed by atoms with Gasteiger partial charge in [-0.15, -0.1) is 0 Å². The minimum Gasteiger partial charge on any atom is -0.355 e. The van der Waals surface area contributed by atoms with Gasteiger partial charge in [0.1, 0.15) is 0 Å². The Morgan fingerprint density at radius 3 is 0.927 bits per heavy atom. The van der Waals surface area contributed by atoms with E-state index in [1.165, 1.54) is 66.6 Å². The molecule has 0 saturated carbocycles. The smallest absolute Gasteiger partial charge is 0.0694 e. The standard InChI is InChI=1S/C36H46N4.Co/c1-9-21-22(10-2)30-18-32-25(13-5)26(14-6)34(39-32)20-36-28(16-8)27(15-7)35(40-36)19-33-24(12-4)23(11-3)31(38-33)17-29(21)37-30;/h17-20,37-38H,9-16H2,1-8H3;. The van der Waals surface area contributed by atoms with Crippen LogP contribution in [-0.2, 0) is 42.5 Å². The Bertz CT molecular complexity index is 1560. The zero-order valence-corrected chi connectivity index (χ0v) is 27.2. The van der Waals surface area contributed by atoms with Crippen LogP contribution in [0, 0.1) is 0 Å². The zero-order valence-electron chi connectivity index (χ0n) is 26.2. The van der Waals surface area contributed by atoms with Gasteiger partial charge in [-0.3, -0.25) is 0 Å². The van der Waals surface area contributed by atoms with E-state index < -0.39 is 0 Å². The molecule has 0 fully saturated rings. The molecule has 5 rings (SSSR count). The van der Waals surface area contributed by atoms with E-state index in [0.717, 1.165) is 74.1 Å². The topological polar surface area (TPSA) is 57.4 Å². The third-order valence-corrected chi connectivity index (χ3v) is 8.97. The summed E-state index contributed by atoms with van der Waals surface area (Å²) in [6.07, 6.45) is 7.84. The summed E-state index contributed by atoms with van der Waals surface area (Å²) in [5.41, 5.74) is 20.2. The first-order chi connectivity index (χ1) is 19.5. The molecule has 2 N–H and O–H groups in total. The van der Waals surface area contributed by atoms with E-state index in [1.54, 1.807) is 0 Å². The Kier molecular flexibility index (Phi) is 9.81. The van der Waals surface area contributed by atoms with Gasteiger partial charge in [0, 0.05) is 38.8 Å². The Morgan fingerprint density at radius 2 is 0.659 bits per heavy atom. The second-order valence-corrected chi connectivity index (χ2v) is 10.9. The van der Waals surface area contributed by atoms with E-state index in [4.69, 9.17) is 9.97 Å². The van der Waals surface area contributed by atoms with E-state index >= 15 is 0 Å². The third kappa shape index (κ3) is 5.28. The minimum absolute atomic E-state index is 0. The molecule has 2 aliphatic heterocycles. The van der Waals surface area contributed by atoms with Crippen LogP contribution < -0.4 is 0 Å². The molecule has 2 aliphatic rings. The third-order valence-electron chi connectivity index (χ3n) is 8.97. The van der Waals surface area contributed by atoms with Crippen LogP contribution in [0.5, 0.6) is 0 Å². The predicted molar refractivity (Wildman–Crippen MR) is 173 cm³/mol. The first-order valence-electron chi connectivity index (χ1n) is 15.7. The van der Waals surface area contributed by atoms with Gasteiger partial charge in [0.2, 0.25) is 0 Å². The van der Waals surface area contributed by atoms with Crippen molar-refractivity contribution in [3.05, 3.63) is 69.3 Å². The monoisotopic (exact) mass is 593 g/mol. The molecule has 5 heterocycles. The molecule has 41 heavy (non-hydrogen) atoms. The van der Waals surface area contributed by atoms with Crippen LogP contribution in [0.25, 0.3) is 44.4 Å². The number of H-pyrrole nitrogens is 2. The van der Waals surface area contributed by atoms with Crippen LogP contribution in [0.2, 0.25) is 0 Å². The van der Waals surface area contributed by atoms with Crippen molar-refractivity contribution in [1.29, 1.82) is 0 Å². The first kappa shape index (κ1) is 31.1. The van der Waals surface area contributed by atoms with Crippen molar-refractivity contribution < 1.29 is 16.8 Å². The largest absolute Gasteiger partial charge is 0.355 e. The quantitative estimate of drug-likeness (QED) is 0.273. The molecule has 3 aromatic heterocycles. The van der Waals surface area contributed by atoms with E-state index in [-0.39, 0.29) is 16.8 Å². The first-order valence-corrected chi connectivity index (χ1v) is 15.7. The molecule has 3 aromatic rings. The molecule has 8 bridgehead atoms. The van der Waals surface area contributed by atoms with Gasteiger partial charge in [-0.05, 0) is 120 Å². The number of nitrogens with one attached hydrogen (secondary N) is 2. The summed E-state index contributed by atoms with van der Waals surface area (Å²) in [5.74, 6) is 0. The molecular weight excluding hydrogens is 547 g/mol. The maximum atomic E-state index is 5.28. The Hall–Kier alpha value is -2.89. The van der Waals surface area contributed by atoms with Gasteiger partial charge in [-0.2, -0.15) is 0 Å². The summed E-state index contributed by atoms with van der Waals surface area (Å²) in [4.78, 5) is 18.2. The van der Waals surface area contributed by atoms with Crippen LogP contribution >= 0.6 is 0 Å². The molecule has 0 spiro atoms. The fourth-order valence-corrected chi connectivity index (χ4v) is 7.10. The summed E-state index contributed by atoms with van der Waals surface area (Å²) in [6.45, 7) is 18.1. The van der Waals surface area contributed by atoms with Crippen LogP contribution in [0.15, 0.2) is 24.3 Å². The Balaban J connectivity index is 0.00000387. The molecule has 219 valence electrons. The second-order valence-electron chi connectivity index (χ2n) is 10.9.